The molecule has 13 heteroatoms. The number of alkyl halides is 6. The third-order valence-electron chi connectivity index (χ3n) is 6.49. The molecule has 0 unspecified atom stereocenters. The van der Waals surface area contributed by atoms with Crippen LogP contribution in [0.1, 0.15) is 36.1 Å². The number of hydrogen-bond acceptors (Lipinski definition) is 5. The van der Waals surface area contributed by atoms with Crippen molar-refractivity contribution >= 4 is 34.0 Å². The van der Waals surface area contributed by atoms with E-state index in [9.17, 15) is 36.2 Å². The summed E-state index contributed by atoms with van der Waals surface area (Å²) in [5, 5.41) is 11.9. The number of ether oxygens (including phenoxy) is 1. The topological polar surface area (TPSA) is 62.7 Å². The summed E-state index contributed by atoms with van der Waals surface area (Å²) in [4.78, 5) is 17.5. The summed E-state index contributed by atoms with van der Waals surface area (Å²) in [5.41, 5.74) is -2.48. The van der Waals surface area contributed by atoms with Crippen molar-refractivity contribution in [3.05, 3.63) is 99.4 Å². The first kappa shape index (κ1) is 32.2. The Morgan fingerprint density at radius 3 is 2.19 bits per heavy atom. The van der Waals surface area contributed by atoms with Crippen LogP contribution in [0.5, 0.6) is 5.75 Å². The Hall–Kier alpha value is -3.77. The Morgan fingerprint density at radius 2 is 1.60 bits per heavy atom. The number of carbonyl (C=O) groups is 1. The summed E-state index contributed by atoms with van der Waals surface area (Å²) in [6.45, 7) is 2.63. The van der Waals surface area contributed by atoms with Crippen LogP contribution in [0.15, 0.2) is 72.1 Å². The normalized spacial score (nSPS) is 12.3. The molecule has 3 aromatic carbocycles. The van der Waals surface area contributed by atoms with E-state index in [0.717, 1.165) is 17.2 Å². The molecule has 4 aromatic rings. The Morgan fingerprint density at radius 1 is 0.953 bits per heavy atom. The molecule has 0 aliphatic heterocycles. The van der Waals surface area contributed by atoms with Crippen molar-refractivity contribution in [3.63, 3.8) is 0 Å². The second-order valence-corrected chi connectivity index (χ2v) is 11.4. The zero-order valence-corrected chi connectivity index (χ0v) is 24.3. The van der Waals surface area contributed by atoms with E-state index in [2.05, 4.69) is 4.98 Å². The van der Waals surface area contributed by atoms with Gasteiger partial charge in [-0.2, -0.15) is 26.3 Å². The van der Waals surface area contributed by atoms with Gasteiger partial charge in [-0.1, -0.05) is 41.9 Å². The third kappa shape index (κ3) is 8.20. The molecule has 228 valence electrons. The van der Waals surface area contributed by atoms with Gasteiger partial charge in [0.15, 0.2) is 10.7 Å². The minimum absolute atomic E-state index is 0.131. The zero-order valence-electron chi connectivity index (χ0n) is 22.8. The summed E-state index contributed by atoms with van der Waals surface area (Å²) >= 11 is 7.16. The average molecular weight is 643 g/mol. The molecular weight excluding hydrogens is 618 g/mol. The summed E-state index contributed by atoms with van der Waals surface area (Å²) in [5.74, 6) is -0.824. The lowest BCUT2D eigenvalue weighted by Crippen LogP contribution is -2.37. The maximum absolute atomic E-state index is 13.9. The molecule has 1 heterocycles. The van der Waals surface area contributed by atoms with Crippen LogP contribution in [0, 0.1) is 0 Å². The van der Waals surface area contributed by atoms with Crippen molar-refractivity contribution in [1.82, 2.24) is 4.98 Å². The van der Waals surface area contributed by atoms with Gasteiger partial charge in [-0.3, -0.25) is 0 Å². The quantitative estimate of drug-likeness (QED) is 0.175. The van der Waals surface area contributed by atoms with Crippen LogP contribution < -0.4 is 9.64 Å². The minimum Gasteiger partial charge on any atom is -0.478 e. The minimum atomic E-state index is -5.01. The molecule has 0 fully saturated rings. The molecular formula is C30H25ClF6N2O3S. The molecule has 1 aromatic heterocycles. The molecule has 0 spiro atoms. The zero-order chi connectivity index (χ0) is 31.6. The standard InChI is InChI=1S/C30H25ClF6N2O3S/c1-28(2,26(40)41)42-23-11-3-18(4-12-23)13-14-39(27-38-25(17-43-27)19-6-9-22(31)10-7-19)16-20-5-8-21(29(32,33)34)15-24(20)30(35,36)37/h3-12,15,17H,13-14,16H2,1-2H3,(H,40,41). The van der Waals surface area contributed by atoms with Gasteiger partial charge in [0, 0.05) is 29.1 Å². The number of anilines is 1. The Bertz CT molecular complexity index is 1570. The molecule has 5 nitrogen and oxygen atoms in total. The second kappa shape index (κ2) is 12.5. The number of rotatable bonds is 10. The van der Waals surface area contributed by atoms with E-state index in [1.54, 1.807) is 58.8 Å². The number of thiazole rings is 1. The third-order valence-corrected chi connectivity index (χ3v) is 7.64. The first-order valence-electron chi connectivity index (χ1n) is 12.8. The summed E-state index contributed by atoms with van der Waals surface area (Å²) in [6, 6.07) is 15.0. The largest absolute Gasteiger partial charge is 0.478 e. The van der Waals surface area contributed by atoms with Crippen LogP contribution in [0.25, 0.3) is 11.3 Å². The first-order valence-corrected chi connectivity index (χ1v) is 14.0. The Kier molecular flexibility index (Phi) is 9.31. The maximum Gasteiger partial charge on any atom is 0.416 e. The number of benzene rings is 3. The van der Waals surface area contributed by atoms with Crippen molar-refractivity contribution in [3.8, 4) is 17.0 Å². The second-order valence-electron chi connectivity index (χ2n) is 10.1. The monoisotopic (exact) mass is 642 g/mol. The van der Waals surface area contributed by atoms with Crippen molar-refractivity contribution < 1.29 is 41.0 Å². The number of carboxylic acid groups (broad SMARTS) is 1. The molecule has 0 aliphatic carbocycles. The molecule has 0 saturated carbocycles. The van der Waals surface area contributed by atoms with Gasteiger partial charge in [-0.05, 0) is 67.8 Å². The van der Waals surface area contributed by atoms with Crippen LogP contribution in [0.2, 0.25) is 5.02 Å². The number of carboxylic acids is 1. The van der Waals surface area contributed by atoms with E-state index in [1.165, 1.54) is 25.2 Å². The van der Waals surface area contributed by atoms with Crippen LogP contribution in [-0.2, 0) is 30.1 Å². The van der Waals surface area contributed by atoms with Gasteiger partial charge in [0.2, 0.25) is 0 Å². The number of halogens is 7. The highest BCUT2D eigenvalue weighted by molar-refractivity contribution is 7.14. The first-order chi connectivity index (χ1) is 20.0. The highest BCUT2D eigenvalue weighted by atomic mass is 35.5. The van der Waals surface area contributed by atoms with Gasteiger partial charge < -0.3 is 14.7 Å². The van der Waals surface area contributed by atoms with Crippen LogP contribution in [0.3, 0.4) is 0 Å². The molecule has 1 N–H and O–H groups in total. The van der Waals surface area contributed by atoms with Gasteiger partial charge in [0.1, 0.15) is 5.75 Å². The highest BCUT2D eigenvalue weighted by Crippen LogP contribution is 2.39. The van der Waals surface area contributed by atoms with E-state index in [1.807, 2.05) is 0 Å². The molecule has 4 rings (SSSR count). The number of aliphatic carboxylic acids is 1. The fourth-order valence-electron chi connectivity index (χ4n) is 4.09. The lowest BCUT2D eigenvalue weighted by atomic mass is 10.0. The van der Waals surface area contributed by atoms with Crippen molar-refractivity contribution in [2.24, 2.45) is 0 Å². The van der Waals surface area contributed by atoms with Gasteiger partial charge in [0.25, 0.3) is 0 Å². The fourth-order valence-corrected chi connectivity index (χ4v) is 5.08. The molecule has 0 amide bonds. The van der Waals surface area contributed by atoms with E-state index in [-0.39, 0.29) is 24.7 Å². The van der Waals surface area contributed by atoms with Gasteiger partial charge in [-0.25, -0.2) is 9.78 Å². The van der Waals surface area contributed by atoms with E-state index in [0.29, 0.717) is 34.1 Å². The summed E-state index contributed by atoms with van der Waals surface area (Å²) in [7, 11) is 0. The molecule has 0 bridgehead atoms. The summed E-state index contributed by atoms with van der Waals surface area (Å²) < 4.78 is 87.0. The SMILES string of the molecule is CC(C)(Oc1ccc(CCN(Cc2ccc(C(F)(F)F)cc2C(F)(F)F)c2nc(-c3ccc(Cl)cc3)cs2)cc1)C(=O)O. The van der Waals surface area contributed by atoms with E-state index in [4.69, 9.17) is 16.3 Å². The fraction of sp³-hybridized carbons (Fsp3) is 0.267. The predicted octanol–water partition coefficient (Wildman–Crippen LogP) is 8.99. The lowest BCUT2D eigenvalue weighted by molar-refractivity contribution is -0.152. The highest BCUT2D eigenvalue weighted by Gasteiger charge is 2.38. The molecule has 0 aliphatic rings. The molecule has 0 saturated heterocycles. The van der Waals surface area contributed by atoms with E-state index >= 15 is 0 Å². The Balaban J connectivity index is 1.63. The Labute approximate surface area is 252 Å². The van der Waals surface area contributed by atoms with Gasteiger partial charge in [-0.15, -0.1) is 11.3 Å². The van der Waals surface area contributed by atoms with Gasteiger partial charge in [0.05, 0.1) is 16.8 Å². The van der Waals surface area contributed by atoms with Crippen LogP contribution in [-0.4, -0.2) is 28.2 Å². The number of hydrogen-bond donors (Lipinski definition) is 1. The van der Waals surface area contributed by atoms with Crippen molar-refractivity contribution in [2.75, 3.05) is 11.4 Å². The van der Waals surface area contributed by atoms with Gasteiger partial charge >= 0.3 is 18.3 Å². The van der Waals surface area contributed by atoms with Crippen LogP contribution in [0.4, 0.5) is 31.5 Å². The maximum atomic E-state index is 13.9. The molecule has 0 radical (unpaired) electrons. The number of aromatic nitrogens is 1. The van der Waals surface area contributed by atoms with Crippen molar-refractivity contribution in [1.29, 1.82) is 0 Å². The predicted molar refractivity (Wildman–Crippen MR) is 153 cm³/mol. The summed E-state index contributed by atoms with van der Waals surface area (Å²) in [6.07, 6.45) is -9.61. The molecule has 0 atom stereocenters. The smallest absolute Gasteiger partial charge is 0.416 e. The lowest BCUT2D eigenvalue weighted by Gasteiger charge is -2.25. The number of nitrogens with zero attached hydrogens (tertiary/aromatic N) is 2. The average Bonchev–Trinajstić information content (AvgIpc) is 3.41. The molecule has 43 heavy (non-hydrogen) atoms. The van der Waals surface area contributed by atoms with Crippen LogP contribution >= 0.6 is 22.9 Å². The van der Waals surface area contributed by atoms with E-state index < -0.39 is 35.0 Å². The van der Waals surface area contributed by atoms with Crippen molar-refractivity contribution in [2.45, 2.75) is 44.8 Å².